The third-order valence-electron chi connectivity index (χ3n) is 4.36. The number of benzene rings is 1. The molecule has 0 aliphatic carbocycles. The van der Waals surface area contributed by atoms with E-state index in [1.807, 2.05) is 42.3 Å². The van der Waals surface area contributed by atoms with Gasteiger partial charge >= 0.3 is 0 Å². The number of halogens is 2. The van der Waals surface area contributed by atoms with Crippen LogP contribution in [0.1, 0.15) is 4.88 Å². The van der Waals surface area contributed by atoms with Crippen LogP contribution >= 0.6 is 34.5 Å². The molecule has 2 heterocycles. The van der Waals surface area contributed by atoms with Gasteiger partial charge in [0.05, 0.1) is 16.3 Å². The van der Waals surface area contributed by atoms with Gasteiger partial charge < -0.3 is 14.7 Å². The van der Waals surface area contributed by atoms with E-state index in [1.165, 1.54) is 9.78 Å². The van der Waals surface area contributed by atoms with E-state index in [9.17, 15) is 4.79 Å². The largest absolute Gasteiger partial charge is 0.368 e. The van der Waals surface area contributed by atoms with Crippen molar-refractivity contribution in [3.63, 3.8) is 0 Å². The number of likely N-dealkylation sites (N-methyl/N-ethyl adjacent to an activating group) is 1. The first-order valence-electron chi connectivity index (χ1n) is 8.35. The summed E-state index contributed by atoms with van der Waals surface area (Å²) < 4.78 is 0.797. The molecule has 1 aromatic carbocycles. The van der Waals surface area contributed by atoms with E-state index < -0.39 is 0 Å². The Hall–Kier alpha value is -1.27. The molecule has 25 heavy (non-hydrogen) atoms. The zero-order chi connectivity index (χ0) is 17.8. The number of quaternary nitrogens is 1. The Morgan fingerprint density at radius 1 is 1.16 bits per heavy atom. The van der Waals surface area contributed by atoms with Crippen molar-refractivity contribution < 1.29 is 9.69 Å². The lowest BCUT2D eigenvalue weighted by molar-refractivity contribution is -0.885. The van der Waals surface area contributed by atoms with E-state index in [4.69, 9.17) is 23.2 Å². The molecule has 4 nitrogen and oxygen atoms in total. The average Bonchev–Trinajstić information content (AvgIpc) is 2.99. The lowest BCUT2D eigenvalue weighted by atomic mass is 10.2. The van der Waals surface area contributed by atoms with Gasteiger partial charge in [-0.25, -0.2) is 0 Å². The Labute approximate surface area is 162 Å². The molecule has 1 aliphatic rings. The van der Waals surface area contributed by atoms with Crippen molar-refractivity contribution >= 4 is 46.1 Å². The van der Waals surface area contributed by atoms with Crippen molar-refractivity contribution in [2.24, 2.45) is 0 Å². The van der Waals surface area contributed by atoms with E-state index in [0.717, 1.165) is 47.8 Å². The lowest BCUT2D eigenvalue weighted by Crippen LogP contribution is -3.08. The zero-order valence-electron chi connectivity index (χ0n) is 14.2. The highest BCUT2D eigenvalue weighted by molar-refractivity contribution is 7.16. The number of rotatable bonds is 5. The molecule has 1 atom stereocenters. The van der Waals surface area contributed by atoms with Gasteiger partial charge in [-0.1, -0.05) is 29.3 Å². The SMILES string of the molecule is C[NH+](CC(=O)N1CCN(c2cccc(Cl)c2)CC1)Cc1ccc(Cl)s1. The standard InChI is InChI=1S/C18H21Cl2N3OS/c1-21(12-16-5-6-17(20)25-16)13-18(24)23-9-7-22(8-10-23)15-4-2-3-14(19)11-15/h2-6,11H,7-10,12-13H2,1H3/p+1. The van der Waals surface area contributed by atoms with Gasteiger partial charge in [-0.05, 0) is 30.3 Å². The monoisotopic (exact) mass is 398 g/mol. The quantitative estimate of drug-likeness (QED) is 0.837. The molecule has 3 rings (SSSR count). The van der Waals surface area contributed by atoms with Gasteiger partial charge in [0.25, 0.3) is 5.91 Å². The van der Waals surface area contributed by atoms with Crippen LogP contribution in [0.25, 0.3) is 0 Å². The minimum atomic E-state index is 0.214. The van der Waals surface area contributed by atoms with Crippen LogP contribution in [0.2, 0.25) is 9.36 Å². The Morgan fingerprint density at radius 2 is 1.92 bits per heavy atom. The minimum Gasteiger partial charge on any atom is -0.368 e. The molecule has 0 radical (unpaired) electrons. The summed E-state index contributed by atoms with van der Waals surface area (Å²) in [6, 6.07) is 11.8. The molecule has 1 amide bonds. The van der Waals surface area contributed by atoms with Gasteiger partial charge in [0.1, 0.15) is 6.54 Å². The summed E-state index contributed by atoms with van der Waals surface area (Å²) >= 11 is 13.6. The Kier molecular flexibility index (Phi) is 6.23. The van der Waals surface area contributed by atoms with E-state index >= 15 is 0 Å². The number of hydrogen-bond donors (Lipinski definition) is 1. The summed E-state index contributed by atoms with van der Waals surface area (Å²) in [6.07, 6.45) is 0. The van der Waals surface area contributed by atoms with E-state index in [0.29, 0.717) is 6.54 Å². The number of nitrogens with zero attached hydrogens (tertiary/aromatic N) is 2. The van der Waals surface area contributed by atoms with Crippen molar-refractivity contribution in [2.45, 2.75) is 6.54 Å². The fourth-order valence-electron chi connectivity index (χ4n) is 3.06. The maximum atomic E-state index is 12.5. The first-order valence-corrected chi connectivity index (χ1v) is 9.92. The Balaban J connectivity index is 1.48. The third kappa shape index (κ3) is 5.11. The van der Waals surface area contributed by atoms with Gasteiger partial charge in [-0.2, -0.15) is 0 Å². The van der Waals surface area contributed by atoms with Crippen molar-refractivity contribution in [3.8, 4) is 0 Å². The fraction of sp³-hybridized carbons (Fsp3) is 0.389. The molecule has 0 bridgehead atoms. The number of piperazine rings is 1. The van der Waals surface area contributed by atoms with Crippen molar-refractivity contribution in [1.29, 1.82) is 0 Å². The average molecular weight is 399 g/mol. The summed E-state index contributed by atoms with van der Waals surface area (Å²) in [5.74, 6) is 0.214. The van der Waals surface area contributed by atoms with Crippen LogP contribution in [0.3, 0.4) is 0 Å². The number of anilines is 1. The number of thiophene rings is 1. The van der Waals surface area contributed by atoms with Crippen LogP contribution in [0.4, 0.5) is 5.69 Å². The molecule has 1 aromatic heterocycles. The van der Waals surface area contributed by atoms with Gasteiger partial charge in [-0.15, -0.1) is 11.3 Å². The predicted octanol–water partition coefficient (Wildman–Crippen LogP) is 2.42. The minimum absolute atomic E-state index is 0.214. The van der Waals surface area contributed by atoms with Gasteiger partial charge in [0.15, 0.2) is 6.54 Å². The molecule has 1 fully saturated rings. The molecule has 1 unspecified atom stereocenters. The van der Waals surface area contributed by atoms with Gasteiger partial charge in [0.2, 0.25) is 0 Å². The molecule has 0 spiro atoms. The first-order chi connectivity index (χ1) is 12.0. The fourth-order valence-corrected chi connectivity index (χ4v) is 4.45. The summed E-state index contributed by atoms with van der Waals surface area (Å²) in [5.41, 5.74) is 1.12. The molecule has 1 aliphatic heterocycles. The summed E-state index contributed by atoms with van der Waals surface area (Å²) in [4.78, 5) is 19.2. The molecule has 7 heteroatoms. The van der Waals surface area contributed by atoms with Crippen LogP contribution in [-0.4, -0.2) is 50.6 Å². The summed E-state index contributed by atoms with van der Waals surface area (Å²) in [5, 5.41) is 0.745. The maximum Gasteiger partial charge on any atom is 0.277 e. The molecule has 1 N–H and O–H groups in total. The third-order valence-corrected chi connectivity index (χ3v) is 5.83. The summed E-state index contributed by atoms with van der Waals surface area (Å²) in [7, 11) is 2.05. The number of carbonyl (C=O) groups excluding carboxylic acids is 1. The normalized spacial score (nSPS) is 16.1. The Morgan fingerprint density at radius 3 is 2.56 bits per heavy atom. The molecular weight excluding hydrogens is 377 g/mol. The molecule has 2 aromatic rings. The van der Waals surface area contributed by atoms with Crippen LogP contribution in [0, 0.1) is 0 Å². The summed E-state index contributed by atoms with van der Waals surface area (Å²) in [6.45, 7) is 4.52. The number of amides is 1. The van der Waals surface area contributed by atoms with Crippen LogP contribution < -0.4 is 9.80 Å². The molecule has 0 saturated carbocycles. The highest BCUT2D eigenvalue weighted by Crippen LogP contribution is 2.21. The second-order valence-electron chi connectivity index (χ2n) is 6.36. The van der Waals surface area contributed by atoms with E-state index in [2.05, 4.69) is 11.0 Å². The Bertz CT molecular complexity index is 729. The number of nitrogens with one attached hydrogen (secondary N) is 1. The van der Waals surface area contributed by atoms with Gasteiger partial charge in [-0.3, -0.25) is 4.79 Å². The highest BCUT2D eigenvalue weighted by atomic mass is 35.5. The second-order valence-corrected chi connectivity index (χ2v) is 8.60. The molecule has 134 valence electrons. The zero-order valence-corrected chi connectivity index (χ0v) is 16.5. The highest BCUT2D eigenvalue weighted by Gasteiger charge is 2.23. The second kappa shape index (κ2) is 8.41. The van der Waals surface area contributed by atoms with E-state index in [-0.39, 0.29) is 5.91 Å². The smallest absolute Gasteiger partial charge is 0.277 e. The first kappa shape index (κ1) is 18.5. The van der Waals surface area contributed by atoms with E-state index in [1.54, 1.807) is 11.3 Å². The van der Waals surface area contributed by atoms with Crippen LogP contribution in [0.15, 0.2) is 36.4 Å². The van der Waals surface area contributed by atoms with Crippen molar-refractivity contribution in [2.75, 3.05) is 44.7 Å². The lowest BCUT2D eigenvalue weighted by Gasteiger charge is -2.36. The van der Waals surface area contributed by atoms with Gasteiger partial charge in [0, 0.05) is 36.9 Å². The van der Waals surface area contributed by atoms with Crippen molar-refractivity contribution in [1.82, 2.24) is 4.90 Å². The predicted molar refractivity (Wildman–Crippen MR) is 105 cm³/mol. The molecular formula is C18H22Cl2N3OS+. The van der Waals surface area contributed by atoms with Crippen molar-refractivity contribution in [3.05, 3.63) is 50.6 Å². The number of hydrogen-bond acceptors (Lipinski definition) is 3. The maximum absolute atomic E-state index is 12.5. The topological polar surface area (TPSA) is 28.0 Å². The number of carbonyl (C=O) groups is 1. The molecule has 1 saturated heterocycles. The van der Waals surface area contributed by atoms with Crippen LogP contribution in [-0.2, 0) is 11.3 Å². The van der Waals surface area contributed by atoms with Crippen LogP contribution in [0.5, 0.6) is 0 Å².